The second-order valence-electron chi connectivity index (χ2n) is 4.77. The Morgan fingerprint density at radius 3 is 2.45 bits per heavy atom. The molecule has 4 heteroatoms. The van der Waals surface area contributed by atoms with Gasteiger partial charge < -0.3 is 14.3 Å². The van der Waals surface area contributed by atoms with Gasteiger partial charge in [-0.25, -0.2) is 0 Å². The normalized spacial score (nSPS) is 12.5. The van der Waals surface area contributed by atoms with Gasteiger partial charge in [-0.05, 0) is 51.0 Å². The Bertz CT molecular complexity index is 616. The summed E-state index contributed by atoms with van der Waals surface area (Å²) in [6.45, 7) is 8.31. The van der Waals surface area contributed by atoms with Crippen LogP contribution in [0.15, 0.2) is 27.1 Å². The van der Waals surface area contributed by atoms with Crippen molar-refractivity contribution in [3.8, 4) is 5.75 Å². The quantitative estimate of drug-likeness (QED) is 0.895. The van der Waals surface area contributed by atoms with Gasteiger partial charge >= 0.3 is 0 Å². The highest BCUT2D eigenvalue weighted by Crippen LogP contribution is 2.36. The average molecular weight is 339 g/mol. The van der Waals surface area contributed by atoms with Gasteiger partial charge in [-0.15, -0.1) is 0 Å². The van der Waals surface area contributed by atoms with E-state index in [1.807, 2.05) is 45.9 Å². The zero-order chi connectivity index (χ0) is 14.9. The highest BCUT2D eigenvalue weighted by molar-refractivity contribution is 9.10. The van der Waals surface area contributed by atoms with E-state index in [4.69, 9.17) is 9.15 Å². The number of halogens is 1. The first kappa shape index (κ1) is 15.1. The lowest BCUT2D eigenvalue weighted by atomic mass is 9.98. The van der Waals surface area contributed by atoms with E-state index < -0.39 is 6.10 Å². The molecule has 2 rings (SSSR count). The predicted molar refractivity (Wildman–Crippen MR) is 82.3 cm³/mol. The highest BCUT2D eigenvalue weighted by Gasteiger charge is 2.22. The summed E-state index contributed by atoms with van der Waals surface area (Å²) in [5.41, 5.74) is 2.64. The summed E-state index contributed by atoms with van der Waals surface area (Å²) >= 11 is 3.50. The molecule has 0 amide bonds. The maximum Gasteiger partial charge on any atom is 0.120 e. The van der Waals surface area contributed by atoms with E-state index in [0.29, 0.717) is 6.61 Å². The standard InChI is InChI=1S/C16H19BrO3/c1-5-19-12-6-7-13(14(17)8-12)16(18)15-9(2)10(3)20-11(15)4/h6-8,16,18H,5H2,1-4H3. The van der Waals surface area contributed by atoms with Crippen LogP contribution in [0.3, 0.4) is 0 Å². The fourth-order valence-electron chi connectivity index (χ4n) is 2.35. The molecule has 1 N–H and O–H groups in total. The predicted octanol–water partition coefficient (Wildman–Crippen LogP) is 4.45. The van der Waals surface area contributed by atoms with E-state index in [1.54, 1.807) is 0 Å². The van der Waals surface area contributed by atoms with Crippen LogP contribution in [0.5, 0.6) is 5.75 Å². The Morgan fingerprint density at radius 1 is 1.25 bits per heavy atom. The summed E-state index contributed by atoms with van der Waals surface area (Å²) in [7, 11) is 0. The van der Waals surface area contributed by atoms with Gasteiger partial charge in [0, 0.05) is 10.0 Å². The minimum Gasteiger partial charge on any atom is -0.494 e. The Morgan fingerprint density at radius 2 is 1.95 bits per heavy atom. The minimum absolute atomic E-state index is 0.619. The zero-order valence-corrected chi connectivity index (χ0v) is 13.7. The molecule has 0 spiro atoms. The molecule has 20 heavy (non-hydrogen) atoms. The van der Waals surface area contributed by atoms with Crippen molar-refractivity contribution in [3.63, 3.8) is 0 Å². The van der Waals surface area contributed by atoms with E-state index in [1.165, 1.54) is 0 Å². The molecule has 0 radical (unpaired) electrons. The van der Waals surface area contributed by atoms with Crippen molar-refractivity contribution in [1.82, 2.24) is 0 Å². The van der Waals surface area contributed by atoms with Crippen molar-refractivity contribution in [2.75, 3.05) is 6.61 Å². The van der Waals surface area contributed by atoms with Gasteiger partial charge in [0.05, 0.1) is 6.61 Å². The zero-order valence-electron chi connectivity index (χ0n) is 12.2. The largest absolute Gasteiger partial charge is 0.494 e. The number of aliphatic hydroxyl groups is 1. The van der Waals surface area contributed by atoms with Crippen molar-refractivity contribution in [2.24, 2.45) is 0 Å². The van der Waals surface area contributed by atoms with Crippen LogP contribution < -0.4 is 4.74 Å². The lowest BCUT2D eigenvalue weighted by Gasteiger charge is -2.15. The second-order valence-corrected chi connectivity index (χ2v) is 5.63. The van der Waals surface area contributed by atoms with Crippen molar-refractivity contribution >= 4 is 15.9 Å². The molecular formula is C16H19BrO3. The third kappa shape index (κ3) is 2.76. The smallest absolute Gasteiger partial charge is 0.120 e. The summed E-state index contributed by atoms with van der Waals surface area (Å²) in [5, 5.41) is 10.6. The number of hydrogen-bond acceptors (Lipinski definition) is 3. The van der Waals surface area contributed by atoms with E-state index in [0.717, 1.165) is 38.4 Å². The molecule has 1 heterocycles. The summed E-state index contributed by atoms with van der Waals surface area (Å²) in [6.07, 6.45) is -0.711. The van der Waals surface area contributed by atoms with Crippen LogP contribution >= 0.6 is 15.9 Å². The molecule has 0 aliphatic rings. The molecule has 1 unspecified atom stereocenters. The molecule has 108 valence electrons. The number of hydrogen-bond donors (Lipinski definition) is 1. The van der Waals surface area contributed by atoms with Crippen molar-refractivity contribution in [2.45, 2.75) is 33.8 Å². The Balaban J connectivity index is 2.40. The van der Waals surface area contributed by atoms with E-state index in [9.17, 15) is 5.11 Å². The fourth-order valence-corrected chi connectivity index (χ4v) is 2.93. The molecule has 0 aliphatic heterocycles. The first-order valence-electron chi connectivity index (χ1n) is 6.62. The van der Waals surface area contributed by atoms with E-state index >= 15 is 0 Å². The Hall–Kier alpha value is -1.26. The summed E-state index contributed by atoms with van der Waals surface area (Å²) < 4.78 is 11.9. The minimum atomic E-state index is -0.711. The Labute approximate surface area is 127 Å². The molecule has 0 saturated carbocycles. The Kier molecular flexibility index (Phi) is 4.55. The number of ether oxygens (including phenoxy) is 1. The van der Waals surface area contributed by atoms with Gasteiger partial charge in [-0.2, -0.15) is 0 Å². The molecular weight excluding hydrogens is 320 g/mol. The lowest BCUT2D eigenvalue weighted by Crippen LogP contribution is -2.03. The topological polar surface area (TPSA) is 42.6 Å². The first-order valence-corrected chi connectivity index (χ1v) is 7.41. The molecule has 0 aliphatic carbocycles. The monoisotopic (exact) mass is 338 g/mol. The van der Waals surface area contributed by atoms with Gasteiger partial charge in [0.1, 0.15) is 23.4 Å². The molecule has 1 aromatic heterocycles. The third-order valence-electron chi connectivity index (χ3n) is 3.47. The SMILES string of the molecule is CCOc1ccc(C(O)c2c(C)oc(C)c2C)c(Br)c1. The number of aliphatic hydroxyl groups excluding tert-OH is 1. The molecule has 1 atom stereocenters. The maximum absolute atomic E-state index is 10.6. The van der Waals surface area contributed by atoms with Crippen LogP contribution in [-0.4, -0.2) is 11.7 Å². The van der Waals surface area contributed by atoms with Gasteiger partial charge in [0.2, 0.25) is 0 Å². The molecule has 0 fully saturated rings. The summed E-state index contributed by atoms with van der Waals surface area (Å²) in [6, 6.07) is 5.62. The molecule has 1 aromatic carbocycles. The summed E-state index contributed by atoms with van der Waals surface area (Å²) in [5.74, 6) is 2.39. The van der Waals surface area contributed by atoms with Crippen molar-refractivity contribution in [1.29, 1.82) is 0 Å². The number of benzene rings is 1. The average Bonchev–Trinajstić information content (AvgIpc) is 2.63. The maximum atomic E-state index is 10.6. The van der Waals surface area contributed by atoms with Gasteiger partial charge in [0.25, 0.3) is 0 Å². The number of rotatable bonds is 4. The first-order chi connectivity index (χ1) is 9.45. The van der Waals surface area contributed by atoms with Crippen LogP contribution in [-0.2, 0) is 0 Å². The van der Waals surface area contributed by atoms with Crippen molar-refractivity contribution in [3.05, 3.63) is 50.9 Å². The van der Waals surface area contributed by atoms with Crippen LogP contribution in [0.2, 0.25) is 0 Å². The van der Waals surface area contributed by atoms with Crippen LogP contribution in [0, 0.1) is 20.8 Å². The van der Waals surface area contributed by atoms with E-state index in [2.05, 4.69) is 15.9 Å². The summed E-state index contributed by atoms with van der Waals surface area (Å²) in [4.78, 5) is 0. The van der Waals surface area contributed by atoms with Gasteiger partial charge in [-0.3, -0.25) is 0 Å². The molecule has 0 saturated heterocycles. The van der Waals surface area contributed by atoms with Gasteiger partial charge in [-0.1, -0.05) is 22.0 Å². The van der Waals surface area contributed by atoms with Crippen molar-refractivity contribution < 1.29 is 14.3 Å². The van der Waals surface area contributed by atoms with Crippen LogP contribution in [0.4, 0.5) is 0 Å². The molecule has 3 nitrogen and oxygen atoms in total. The van der Waals surface area contributed by atoms with E-state index in [-0.39, 0.29) is 0 Å². The number of furan rings is 1. The third-order valence-corrected chi connectivity index (χ3v) is 4.16. The van der Waals surface area contributed by atoms with Crippen LogP contribution in [0.1, 0.15) is 41.2 Å². The molecule has 0 bridgehead atoms. The fraction of sp³-hybridized carbons (Fsp3) is 0.375. The highest BCUT2D eigenvalue weighted by atomic mass is 79.9. The van der Waals surface area contributed by atoms with Crippen LogP contribution in [0.25, 0.3) is 0 Å². The van der Waals surface area contributed by atoms with Gasteiger partial charge in [0.15, 0.2) is 0 Å². The second kappa shape index (κ2) is 6.02. The number of aryl methyl sites for hydroxylation is 2. The lowest BCUT2D eigenvalue weighted by molar-refractivity contribution is 0.216. The molecule has 2 aromatic rings.